The van der Waals surface area contributed by atoms with Crippen molar-refractivity contribution in [1.29, 1.82) is 0 Å². The molecule has 0 radical (unpaired) electrons. The molecule has 0 bridgehead atoms. The first-order valence-electron chi connectivity index (χ1n) is 8.78. The fourth-order valence-electron chi connectivity index (χ4n) is 2.63. The van der Waals surface area contributed by atoms with Gasteiger partial charge < -0.3 is 23.4 Å². The van der Waals surface area contributed by atoms with Crippen molar-refractivity contribution in [2.45, 2.75) is 76.3 Å². The highest BCUT2D eigenvalue weighted by atomic mass is 32.2. The number of esters is 4. The van der Waals surface area contributed by atoms with E-state index in [1.807, 2.05) is 19.6 Å². The van der Waals surface area contributed by atoms with Crippen LogP contribution in [0.4, 0.5) is 0 Å². The van der Waals surface area contributed by atoms with Gasteiger partial charge in [-0.15, -0.1) is 11.8 Å². The summed E-state index contributed by atoms with van der Waals surface area (Å²) in [7, 11) is -2.10. The van der Waals surface area contributed by atoms with Gasteiger partial charge in [0.15, 0.2) is 26.6 Å². The molecular weight excluding hydrogens is 408 g/mol. The molecule has 0 N–H and O–H groups in total. The first kappa shape index (κ1) is 24.4. The summed E-state index contributed by atoms with van der Waals surface area (Å²) in [6.45, 7) is 10.7. The van der Waals surface area contributed by atoms with Crippen molar-refractivity contribution in [3.8, 4) is 0 Å². The van der Waals surface area contributed by atoms with Crippen LogP contribution >= 0.6 is 11.8 Å². The molecule has 0 spiro atoms. The van der Waals surface area contributed by atoms with Crippen molar-refractivity contribution in [2.75, 3.05) is 6.61 Å². The summed E-state index contributed by atoms with van der Waals surface area (Å²) in [5.41, 5.74) is -0.688. The number of thioether (sulfide) groups is 1. The van der Waals surface area contributed by atoms with E-state index in [4.69, 9.17) is 23.4 Å². The maximum Gasteiger partial charge on any atom is 0.303 e. The van der Waals surface area contributed by atoms with Crippen LogP contribution in [0.3, 0.4) is 0 Å². The number of rotatable bonds is 7. The average Bonchev–Trinajstić information content (AvgIpc) is 2.48. The largest absolute Gasteiger partial charge is 0.465 e. The van der Waals surface area contributed by atoms with Gasteiger partial charge in [0, 0.05) is 27.7 Å². The summed E-state index contributed by atoms with van der Waals surface area (Å²) in [5, 5.41) is -0.578. The van der Waals surface area contributed by atoms with Gasteiger partial charge in [0.25, 0.3) is 0 Å². The Morgan fingerprint density at radius 1 is 0.750 bits per heavy atom. The molecule has 160 valence electrons. The number of ether oxygens (including phenoxy) is 4. The van der Waals surface area contributed by atoms with Crippen molar-refractivity contribution < 1.29 is 42.6 Å². The molecule has 0 aromatic heterocycles. The molecule has 1 rings (SSSR count). The average molecular weight is 437 g/mol. The minimum atomic E-state index is -2.10. The summed E-state index contributed by atoms with van der Waals surface area (Å²) < 4.78 is 27.4. The van der Waals surface area contributed by atoms with Crippen molar-refractivity contribution >= 4 is 44.0 Å². The highest BCUT2D eigenvalue weighted by Crippen LogP contribution is 2.39. The molecule has 28 heavy (non-hydrogen) atoms. The lowest BCUT2D eigenvalue weighted by Crippen LogP contribution is -2.60. The molecule has 1 aliphatic heterocycles. The molecule has 9 nitrogen and oxygen atoms in total. The fourth-order valence-corrected chi connectivity index (χ4v) is 5.77. The van der Waals surface area contributed by atoms with E-state index >= 15 is 0 Å². The molecule has 5 atom stereocenters. The first-order chi connectivity index (χ1) is 12.8. The molecule has 0 aliphatic carbocycles. The Hall–Kier alpha value is -1.59. The minimum absolute atomic E-state index is 0.0892. The summed E-state index contributed by atoms with van der Waals surface area (Å²) in [4.78, 5) is 46.3. The van der Waals surface area contributed by atoms with Crippen LogP contribution in [0.5, 0.6) is 0 Å². The number of hydrogen-bond acceptors (Lipinski definition) is 10. The fraction of sp³-hybridized carbons (Fsp3) is 0.765. The van der Waals surface area contributed by atoms with E-state index in [1.54, 1.807) is 0 Å². The molecular formula is C17H28O9SSi. The summed E-state index contributed by atoms with van der Waals surface area (Å²) in [6.07, 6.45) is -3.08. The highest BCUT2D eigenvalue weighted by molar-refractivity contribution is 8.00. The van der Waals surface area contributed by atoms with Crippen LogP contribution in [-0.4, -0.2) is 67.8 Å². The van der Waals surface area contributed by atoms with E-state index in [0.717, 1.165) is 0 Å². The van der Waals surface area contributed by atoms with E-state index in [0.29, 0.717) is 0 Å². The normalized spacial score (nSPS) is 27.5. The third-order valence-electron chi connectivity index (χ3n) is 3.42. The van der Waals surface area contributed by atoms with Crippen LogP contribution in [0.1, 0.15) is 27.7 Å². The van der Waals surface area contributed by atoms with E-state index in [2.05, 4.69) is 0 Å². The predicted octanol–water partition coefficient (Wildman–Crippen LogP) is 1.64. The smallest absolute Gasteiger partial charge is 0.303 e. The van der Waals surface area contributed by atoms with Crippen LogP contribution in [0, 0.1) is 0 Å². The van der Waals surface area contributed by atoms with Crippen molar-refractivity contribution in [2.24, 2.45) is 0 Å². The second-order valence-electron chi connectivity index (χ2n) is 7.30. The second-order valence-corrected chi connectivity index (χ2v) is 13.1. The molecule has 11 heteroatoms. The van der Waals surface area contributed by atoms with Crippen molar-refractivity contribution in [1.82, 2.24) is 0 Å². The van der Waals surface area contributed by atoms with E-state index in [-0.39, 0.29) is 6.61 Å². The quantitative estimate of drug-likeness (QED) is 0.331. The van der Waals surface area contributed by atoms with Gasteiger partial charge in [0.1, 0.15) is 12.0 Å². The van der Waals surface area contributed by atoms with E-state index in [9.17, 15) is 19.2 Å². The standard InChI is InChI=1S/C17H28O9SSi/c1-9(18)22-8-13-14(23-10(2)19)15(24-11(3)20)16(25-12(4)21)17(27-13)26-28(5,6)7/h13-17H,8H2,1-7H3/t13-,14-,15+,16-,17?/m1/s1. The lowest BCUT2D eigenvalue weighted by Gasteiger charge is -2.45. The van der Waals surface area contributed by atoms with Crippen LogP contribution in [0.2, 0.25) is 19.6 Å². The number of carbonyl (C=O) groups excluding carboxylic acids is 4. The molecule has 0 saturated carbocycles. The van der Waals surface area contributed by atoms with Gasteiger partial charge in [-0.25, -0.2) is 0 Å². The van der Waals surface area contributed by atoms with Gasteiger partial charge in [-0.05, 0) is 19.6 Å². The zero-order valence-electron chi connectivity index (χ0n) is 17.2. The topological polar surface area (TPSA) is 114 Å². The van der Waals surface area contributed by atoms with Gasteiger partial charge in [-0.3, -0.25) is 19.2 Å². The SMILES string of the molecule is CC(=O)OC[C@H]1SC(O[Si](C)(C)C)[C@H](OC(C)=O)[C@@H](OC(C)=O)[C@@H]1OC(C)=O. The summed E-state index contributed by atoms with van der Waals surface area (Å²) in [5.74, 6) is -2.34. The molecule has 1 fully saturated rings. The van der Waals surface area contributed by atoms with Crippen LogP contribution in [0.25, 0.3) is 0 Å². The number of hydrogen-bond donors (Lipinski definition) is 0. The third-order valence-corrected chi connectivity index (χ3v) is 5.94. The van der Waals surface area contributed by atoms with Gasteiger partial charge in [-0.1, -0.05) is 0 Å². The molecule has 1 heterocycles. The highest BCUT2D eigenvalue weighted by Gasteiger charge is 2.52. The minimum Gasteiger partial charge on any atom is -0.465 e. The monoisotopic (exact) mass is 436 g/mol. The molecule has 0 amide bonds. The molecule has 0 aromatic carbocycles. The lowest BCUT2D eigenvalue weighted by molar-refractivity contribution is -0.190. The van der Waals surface area contributed by atoms with Gasteiger partial charge in [0.05, 0.1) is 5.25 Å². The Balaban J connectivity index is 3.33. The Labute approximate surface area is 169 Å². The molecule has 1 aliphatic rings. The van der Waals surface area contributed by atoms with Crippen molar-refractivity contribution in [3.63, 3.8) is 0 Å². The lowest BCUT2D eigenvalue weighted by atomic mass is 10.0. The Morgan fingerprint density at radius 3 is 1.64 bits per heavy atom. The van der Waals surface area contributed by atoms with E-state index in [1.165, 1.54) is 39.5 Å². The predicted molar refractivity (Wildman–Crippen MR) is 103 cm³/mol. The Bertz CT molecular complexity index is 604. The van der Waals surface area contributed by atoms with Crippen LogP contribution in [-0.2, 0) is 42.6 Å². The van der Waals surface area contributed by atoms with Crippen LogP contribution in [0.15, 0.2) is 0 Å². The third kappa shape index (κ3) is 8.19. The maximum absolute atomic E-state index is 11.7. The molecule has 0 aromatic rings. The molecule has 1 saturated heterocycles. The molecule has 1 unspecified atom stereocenters. The Morgan fingerprint density at radius 2 is 1.21 bits per heavy atom. The first-order valence-corrected chi connectivity index (χ1v) is 13.1. The summed E-state index contributed by atoms with van der Waals surface area (Å²) in [6, 6.07) is 0. The van der Waals surface area contributed by atoms with Gasteiger partial charge in [0.2, 0.25) is 0 Å². The van der Waals surface area contributed by atoms with Crippen molar-refractivity contribution in [3.05, 3.63) is 0 Å². The Kier molecular flexibility index (Phi) is 8.96. The van der Waals surface area contributed by atoms with Gasteiger partial charge >= 0.3 is 23.9 Å². The van der Waals surface area contributed by atoms with Gasteiger partial charge in [-0.2, -0.15) is 0 Å². The zero-order valence-corrected chi connectivity index (χ0v) is 19.0. The van der Waals surface area contributed by atoms with E-state index < -0.39 is 61.2 Å². The summed E-state index contributed by atoms with van der Waals surface area (Å²) >= 11 is 1.22. The second kappa shape index (κ2) is 10.3. The zero-order chi connectivity index (χ0) is 21.6. The maximum atomic E-state index is 11.7. The van der Waals surface area contributed by atoms with Crippen LogP contribution < -0.4 is 0 Å². The number of carbonyl (C=O) groups is 4.